The van der Waals surface area contributed by atoms with Crippen LogP contribution < -0.4 is 15.1 Å². The molecule has 2 fully saturated rings. The number of hydrogen-bond donors (Lipinski definition) is 1. The average Bonchev–Trinajstić information content (AvgIpc) is 3.35. The quantitative estimate of drug-likeness (QED) is 0.513. The molecule has 0 bridgehead atoms. The topological polar surface area (TPSA) is 118 Å². The molecule has 4 aliphatic heterocycles. The third kappa shape index (κ3) is 3.32. The van der Waals surface area contributed by atoms with Crippen LogP contribution in [0.1, 0.15) is 38.3 Å². The number of hydrogen-bond acceptors (Lipinski definition) is 7. The van der Waals surface area contributed by atoms with Crippen molar-refractivity contribution in [3.05, 3.63) is 58.4 Å². The Morgan fingerprint density at radius 3 is 2.42 bits per heavy atom. The lowest BCUT2D eigenvalue weighted by molar-refractivity contribution is -0.170. The van der Waals surface area contributed by atoms with Gasteiger partial charge in [0.25, 0.3) is 17.5 Å². The minimum atomic E-state index is -2.12. The molecule has 2 aromatic rings. The van der Waals surface area contributed by atoms with Crippen molar-refractivity contribution in [2.24, 2.45) is 0 Å². The van der Waals surface area contributed by atoms with Crippen LogP contribution in [-0.2, 0) is 35.1 Å². The van der Waals surface area contributed by atoms with Gasteiger partial charge in [0.2, 0.25) is 5.72 Å². The molecule has 4 amide bonds. The summed E-state index contributed by atoms with van der Waals surface area (Å²) >= 11 is 6.32. The van der Waals surface area contributed by atoms with Crippen molar-refractivity contribution in [1.82, 2.24) is 10.2 Å². The first-order valence-corrected chi connectivity index (χ1v) is 12.9. The molecular formula is C27H26ClFN4O7. The van der Waals surface area contributed by atoms with Gasteiger partial charge in [0, 0.05) is 36.7 Å². The highest BCUT2D eigenvalue weighted by atomic mass is 35.5. The van der Waals surface area contributed by atoms with Crippen molar-refractivity contribution >= 4 is 47.0 Å². The SMILES string of the molecule is CN1C(=O)[C@@]2(C[C@]3(CO[C@@]4(C(=O)N(C)c5ccc(Cl)cc54)N3C(=O)OC(C)(C)C)OC(=O)N2)c2ccc(F)cc21. The van der Waals surface area contributed by atoms with E-state index in [1.54, 1.807) is 32.9 Å². The Bertz CT molecular complexity index is 1530. The highest BCUT2D eigenvalue weighted by Crippen LogP contribution is 2.57. The lowest BCUT2D eigenvalue weighted by Gasteiger charge is -2.47. The van der Waals surface area contributed by atoms with Crippen molar-refractivity contribution in [3.63, 3.8) is 0 Å². The molecule has 0 radical (unpaired) electrons. The number of rotatable bonds is 0. The maximum atomic E-state index is 14.2. The van der Waals surface area contributed by atoms with Gasteiger partial charge in [-0.05, 0) is 51.1 Å². The van der Waals surface area contributed by atoms with Crippen LogP contribution in [0.3, 0.4) is 0 Å². The van der Waals surface area contributed by atoms with Crippen LogP contribution in [0.5, 0.6) is 0 Å². The van der Waals surface area contributed by atoms with Crippen molar-refractivity contribution in [2.75, 3.05) is 30.5 Å². The minimum Gasteiger partial charge on any atom is -0.444 e. The van der Waals surface area contributed by atoms with E-state index in [4.69, 9.17) is 25.8 Å². The molecule has 3 atom stereocenters. The van der Waals surface area contributed by atoms with Crippen molar-refractivity contribution in [2.45, 2.75) is 49.8 Å². The molecule has 2 aromatic carbocycles. The van der Waals surface area contributed by atoms with Crippen LogP contribution >= 0.6 is 11.6 Å². The summed E-state index contributed by atoms with van der Waals surface area (Å²) in [5, 5.41) is 2.88. The summed E-state index contributed by atoms with van der Waals surface area (Å²) < 4.78 is 31.9. The van der Waals surface area contributed by atoms with Crippen LogP contribution in [0.2, 0.25) is 5.02 Å². The Morgan fingerprint density at radius 1 is 1.02 bits per heavy atom. The zero-order valence-electron chi connectivity index (χ0n) is 22.3. The molecule has 6 rings (SSSR count). The van der Waals surface area contributed by atoms with Gasteiger partial charge < -0.3 is 29.3 Å². The Labute approximate surface area is 233 Å². The fourth-order valence-electron chi connectivity index (χ4n) is 6.13. The van der Waals surface area contributed by atoms with E-state index in [0.29, 0.717) is 11.3 Å². The highest BCUT2D eigenvalue weighted by molar-refractivity contribution is 6.31. The summed E-state index contributed by atoms with van der Waals surface area (Å²) in [7, 11) is 2.97. The Morgan fingerprint density at radius 2 is 1.73 bits per heavy atom. The molecule has 0 aliphatic carbocycles. The Hall–Kier alpha value is -3.90. The summed E-state index contributed by atoms with van der Waals surface area (Å²) in [6.07, 6.45) is -2.41. The lowest BCUT2D eigenvalue weighted by Crippen LogP contribution is -2.70. The smallest absolute Gasteiger partial charge is 0.416 e. The average molecular weight is 573 g/mol. The second-order valence-electron chi connectivity index (χ2n) is 11.3. The second-order valence-corrected chi connectivity index (χ2v) is 11.8. The van der Waals surface area contributed by atoms with Gasteiger partial charge in [0.1, 0.15) is 18.0 Å². The maximum absolute atomic E-state index is 14.2. The number of carbonyl (C=O) groups excluding carboxylic acids is 4. The number of alkyl carbamates (subject to hydrolysis) is 1. The molecule has 13 heteroatoms. The normalized spacial score (nSPS) is 28.9. The predicted molar refractivity (Wildman–Crippen MR) is 139 cm³/mol. The number of nitrogens with zero attached hydrogens (tertiary/aromatic N) is 3. The van der Waals surface area contributed by atoms with E-state index in [1.807, 2.05) is 0 Å². The molecule has 11 nitrogen and oxygen atoms in total. The number of anilines is 2. The number of likely N-dealkylation sites (N-methyl/N-ethyl adjacent to an activating group) is 2. The van der Waals surface area contributed by atoms with Gasteiger partial charge in [-0.2, -0.15) is 0 Å². The first kappa shape index (κ1) is 26.3. The zero-order valence-corrected chi connectivity index (χ0v) is 23.1. The first-order chi connectivity index (χ1) is 18.6. The van der Waals surface area contributed by atoms with Crippen LogP contribution in [-0.4, -0.2) is 60.9 Å². The van der Waals surface area contributed by atoms with Crippen molar-refractivity contribution in [3.8, 4) is 0 Å². The first-order valence-electron chi connectivity index (χ1n) is 12.5. The van der Waals surface area contributed by atoms with Gasteiger partial charge in [-0.3, -0.25) is 9.59 Å². The standard InChI is InChI=1S/C27H26ClFN4O7/c1-24(2,3)40-23(37)33-25(13-38-27(33)17-10-14(28)6-9-18(17)31(4)21(27)35)12-26(30-22(36)39-25)16-8-7-15(29)11-19(16)32(5)20(26)34/h6-11H,12-13H2,1-5H3,(H,30,36)/t25-,26-,27+/m1/s1. The van der Waals surface area contributed by atoms with E-state index < -0.39 is 59.0 Å². The summed E-state index contributed by atoms with van der Waals surface area (Å²) in [6.45, 7) is 4.46. The molecule has 2 saturated heterocycles. The summed E-state index contributed by atoms with van der Waals surface area (Å²) in [6, 6.07) is 8.46. The summed E-state index contributed by atoms with van der Waals surface area (Å²) in [5.41, 5.74) is -5.66. The second kappa shape index (κ2) is 8.07. The van der Waals surface area contributed by atoms with Crippen LogP contribution in [0.15, 0.2) is 36.4 Å². The van der Waals surface area contributed by atoms with Crippen molar-refractivity contribution in [1.29, 1.82) is 0 Å². The Kier molecular flexibility index (Phi) is 5.31. The molecule has 4 heterocycles. The summed E-state index contributed by atoms with van der Waals surface area (Å²) in [4.78, 5) is 58.6. The van der Waals surface area contributed by atoms with E-state index in [0.717, 1.165) is 4.90 Å². The largest absolute Gasteiger partial charge is 0.444 e. The third-order valence-electron chi connectivity index (χ3n) is 7.67. The molecule has 4 aliphatic rings. The molecule has 0 saturated carbocycles. The van der Waals surface area contributed by atoms with E-state index in [-0.39, 0.29) is 22.7 Å². The molecule has 210 valence electrons. The molecule has 3 spiro atoms. The fraction of sp³-hybridized carbons (Fsp3) is 0.407. The van der Waals surface area contributed by atoms with Crippen LogP contribution in [0.25, 0.3) is 0 Å². The number of halogens is 2. The monoisotopic (exact) mass is 572 g/mol. The fourth-order valence-corrected chi connectivity index (χ4v) is 6.31. The third-order valence-corrected chi connectivity index (χ3v) is 7.91. The van der Waals surface area contributed by atoms with E-state index in [1.165, 1.54) is 48.2 Å². The number of carbonyl (C=O) groups is 4. The molecule has 40 heavy (non-hydrogen) atoms. The highest BCUT2D eigenvalue weighted by Gasteiger charge is 2.74. The Balaban J connectivity index is 1.57. The number of amides is 4. The van der Waals surface area contributed by atoms with Gasteiger partial charge in [-0.1, -0.05) is 17.7 Å². The van der Waals surface area contributed by atoms with Crippen LogP contribution in [0, 0.1) is 5.82 Å². The number of nitrogens with one attached hydrogen (secondary N) is 1. The molecule has 0 aromatic heterocycles. The van der Waals surface area contributed by atoms with Crippen LogP contribution in [0.4, 0.5) is 25.4 Å². The maximum Gasteiger partial charge on any atom is 0.416 e. The van der Waals surface area contributed by atoms with Crippen molar-refractivity contribution < 1.29 is 37.8 Å². The zero-order chi connectivity index (χ0) is 29.0. The van der Waals surface area contributed by atoms with Gasteiger partial charge in [-0.15, -0.1) is 0 Å². The molecule has 1 N–H and O–H groups in total. The van der Waals surface area contributed by atoms with Gasteiger partial charge in [0.15, 0.2) is 5.54 Å². The minimum absolute atomic E-state index is 0.244. The van der Waals surface area contributed by atoms with E-state index in [9.17, 15) is 23.6 Å². The number of benzene rings is 2. The number of ether oxygens (including phenoxy) is 3. The van der Waals surface area contributed by atoms with E-state index in [2.05, 4.69) is 5.32 Å². The molecule has 0 unspecified atom stereocenters. The van der Waals surface area contributed by atoms with Gasteiger partial charge >= 0.3 is 12.2 Å². The van der Waals surface area contributed by atoms with Gasteiger partial charge in [0.05, 0.1) is 11.4 Å². The lowest BCUT2D eigenvalue weighted by atomic mass is 9.81. The number of fused-ring (bicyclic) bond motifs is 4. The van der Waals surface area contributed by atoms with Gasteiger partial charge in [-0.25, -0.2) is 18.9 Å². The van der Waals surface area contributed by atoms with E-state index >= 15 is 0 Å². The molecular weight excluding hydrogens is 547 g/mol. The summed E-state index contributed by atoms with van der Waals surface area (Å²) in [5.74, 6) is -1.80. The predicted octanol–water partition coefficient (Wildman–Crippen LogP) is 3.57.